The van der Waals surface area contributed by atoms with Gasteiger partial charge in [-0.25, -0.2) is 0 Å². The molecular formula is C16H18N2S. The molecule has 0 unspecified atom stereocenters. The molecular weight excluding hydrogens is 252 g/mol. The van der Waals surface area contributed by atoms with Gasteiger partial charge >= 0.3 is 0 Å². The summed E-state index contributed by atoms with van der Waals surface area (Å²) in [7, 11) is 0. The summed E-state index contributed by atoms with van der Waals surface area (Å²) in [5.41, 5.74) is 2.78. The lowest BCUT2D eigenvalue weighted by atomic mass is 10.1. The summed E-state index contributed by atoms with van der Waals surface area (Å²) in [5.74, 6) is 0. The molecule has 19 heavy (non-hydrogen) atoms. The van der Waals surface area contributed by atoms with Crippen LogP contribution in [0.15, 0.2) is 52.5 Å². The second kappa shape index (κ2) is 5.76. The third-order valence-corrected chi connectivity index (χ3v) is 4.36. The standard InChI is InChI=1S/C16H18N2S/c1-12-10-16(19-15-6-8-17-9-7-15)5-2-13(12)11-18-14-3-4-14/h2,5-10,14,18H,3-4,11H2,1H3. The molecule has 1 aromatic heterocycles. The molecule has 0 radical (unpaired) electrons. The van der Waals surface area contributed by atoms with Crippen molar-refractivity contribution < 1.29 is 0 Å². The molecule has 1 aliphatic carbocycles. The van der Waals surface area contributed by atoms with Crippen LogP contribution in [-0.4, -0.2) is 11.0 Å². The van der Waals surface area contributed by atoms with E-state index in [1.807, 2.05) is 24.5 Å². The summed E-state index contributed by atoms with van der Waals surface area (Å²) >= 11 is 1.79. The molecule has 1 aliphatic rings. The maximum absolute atomic E-state index is 4.04. The van der Waals surface area contributed by atoms with Crippen molar-refractivity contribution in [1.82, 2.24) is 10.3 Å². The fourth-order valence-corrected chi connectivity index (χ4v) is 2.92. The van der Waals surface area contributed by atoms with E-state index in [9.17, 15) is 0 Å². The lowest BCUT2D eigenvalue weighted by molar-refractivity contribution is 0.685. The van der Waals surface area contributed by atoms with Crippen LogP contribution in [0.4, 0.5) is 0 Å². The molecule has 0 atom stereocenters. The Bertz CT molecular complexity index is 550. The van der Waals surface area contributed by atoms with Gasteiger partial charge in [-0.15, -0.1) is 0 Å². The zero-order valence-electron chi connectivity index (χ0n) is 11.1. The van der Waals surface area contributed by atoms with Crippen LogP contribution in [0.2, 0.25) is 0 Å². The van der Waals surface area contributed by atoms with E-state index >= 15 is 0 Å². The summed E-state index contributed by atoms with van der Waals surface area (Å²) in [6.45, 7) is 3.19. The summed E-state index contributed by atoms with van der Waals surface area (Å²) < 4.78 is 0. The fraction of sp³-hybridized carbons (Fsp3) is 0.312. The van der Waals surface area contributed by atoms with Gasteiger partial charge < -0.3 is 5.32 Å². The highest BCUT2D eigenvalue weighted by Crippen LogP contribution is 2.28. The van der Waals surface area contributed by atoms with Gasteiger partial charge in [0.2, 0.25) is 0 Å². The van der Waals surface area contributed by atoms with Gasteiger partial charge in [-0.05, 0) is 55.2 Å². The fourth-order valence-electron chi connectivity index (χ4n) is 2.01. The molecule has 3 heteroatoms. The van der Waals surface area contributed by atoms with Gasteiger partial charge in [-0.3, -0.25) is 4.98 Å². The molecule has 0 amide bonds. The monoisotopic (exact) mass is 270 g/mol. The molecule has 0 bridgehead atoms. The minimum absolute atomic E-state index is 0.769. The highest BCUT2D eigenvalue weighted by atomic mass is 32.2. The Kier molecular flexibility index (Phi) is 3.85. The maximum atomic E-state index is 4.04. The zero-order valence-corrected chi connectivity index (χ0v) is 11.9. The van der Waals surface area contributed by atoms with Crippen LogP contribution < -0.4 is 5.32 Å². The molecule has 2 nitrogen and oxygen atoms in total. The molecule has 1 N–H and O–H groups in total. The van der Waals surface area contributed by atoms with Crippen molar-refractivity contribution in [1.29, 1.82) is 0 Å². The Balaban J connectivity index is 1.67. The molecule has 1 fully saturated rings. The molecule has 0 saturated heterocycles. The van der Waals surface area contributed by atoms with E-state index in [1.165, 1.54) is 33.8 Å². The SMILES string of the molecule is Cc1cc(Sc2ccncc2)ccc1CNC1CC1. The largest absolute Gasteiger partial charge is 0.310 e. The van der Waals surface area contributed by atoms with Gasteiger partial charge in [0.15, 0.2) is 0 Å². The second-order valence-corrected chi connectivity index (χ2v) is 6.18. The van der Waals surface area contributed by atoms with Gasteiger partial charge in [-0.1, -0.05) is 17.8 Å². The van der Waals surface area contributed by atoms with Crippen LogP contribution in [-0.2, 0) is 6.54 Å². The summed E-state index contributed by atoms with van der Waals surface area (Å²) in [6, 6.07) is 11.6. The Hall–Kier alpha value is -1.32. The summed E-state index contributed by atoms with van der Waals surface area (Å²) in [6.07, 6.45) is 6.36. The predicted octanol–water partition coefficient (Wildman–Crippen LogP) is 3.79. The van der Waals surface area contributed by atoms with Gasteiger partial charge in [0.1, 0.15) is 0 Å². The first-order valence-corrected chi connectivity index (χ1v) is 7.54. The van der Waals surface area contributed by atoms with Gasteiger partial charge in [0.25, 0.3) is 0 Å². The van der Waals surface area contributed by atoms with Crippen LogP contribution >= 0.6 is 11.8 Å². The van der Waals surface area contributed by atoms with Crippen molar-refractivity contribution >= 4 is 11.8 Å². The Morgan fingerprint density at radius 1 is 1.16 bits per heavy atom. The van der Waals surface area contributed by atoms with Crippen molar-refractivity contribution in [3.05, 3.63) is 53.9 Å². The highest BCUT2D eigenvalue weighted by molar-refractivity contribution is 7.99. The van der Waals surface area contributed by atoms with Crippen LogP contribution in [0.3, 0.4) is 0 Å². The summed E-state index contributed by atoms with van der Waals surface area (Å²) in [5, 5.41) is 3.57. The van der Waals surface area contributed by atoms with Crippen LogP contribution in [0.5, 0.6) is 0 Å². The van der Waals surface area contributed by atoms with E-state index in [-0.39, 0.29) is 0 Å². The number of aryl methyl sites for hydroxylation is 1. The summed E-state index contributed by atoms with van der Waals surface area (Å²) in [4.78, 5) is 6.57. The van der Waals surface area contributed by atoms with Crippen LogP contribution in [0.1, 0.15) is 24.0 Å². The van der Waals surface area contributed by atoms with Crippen molar-refractivity contribution in [2.24, 2.45) is 0 Å². The van der Waals surface area contributed by atoms with E-state index in [2.05, 4.69) is 35.4 Å². The number of nitrogens with zero attached hydrogens (tertiary/aromatic N) is 1. The highest BCUT2D eigenvalue weighted by Gasteiger charge is 2.20. The van der Waals surface area contributed by atoms with Crippen molar-refractivity contribution in [3.63, 3.8) is 0 Å². The molecule has 1 heterocycles. The Morgan fingerprint density at radius 3 is 2.63 bits per heavy atom. The molecule has 1 aromatic carbocycles. The first kappa shape index (κ1) is 12.7. The number of benzene rings is 1. The third kappa shape index (κ3) is 3.58. The lowest BCUT2D eigenvalue weighted by Gasteiger charge is -2.09. The van der Waals surface area contributed by atoms with Gasteiger partial charge in [-0.2, -0.15) is 0 Å². The molecule has 3 rings (SSSR count). The topological polar surface area (TPSA) is 24.9 Å². The van der Waals surface area contributed by atoms with Crippen molar-refractivity contribution in [2.75, 3.05) is 0 Å². The number of rotatable bonds is 5. The number of nitrogens with one attached hydrogen (secondary N) is 1. The Labute approximate surface area is 118 Å². The molecule has 0 spiro atoms. The van der Waals surface area contributed by atoms with Gasteiger partial charge in [0.05, 0.1) is 0 Å². The second-order valence-electron chi connectivity index (χ2n) is 5.03. The van der Waals surface area contributed by atoms with Crippen molar-refractivity contribution in [3.8, 4) is 0 Å². The first-order chi connectivity index (χ1) is 9.31. The van der Waals surface area contributed by atoms with E-state index < -0.39 is 0 Å². The number of hydrogen-bond donors (Lipinski definition) is 1. The number of aromatic nitrogens is 1. The minimum Gasteiger partial charge on any atom is -0.310 e. The quantitative estimate of drug-likeness (QED) is 0.894. The van der Waals surface area contributed by atoms with E-state index in [0.29, 0.717) is 0 Å². The molecule has 2 aromatic rings. The van der Waals surface area contributed by atoms with Crippen LogP contribution in [0.25, 0.3) is 0 Å². The van der Waals surface area contributed by atoms with Crippen molar-refractivity contribution in [2.45, 2.75) is 42.1 Å². The third-order valence-electron chi connectivity index (χ3n) is 3.36. The normalized spacial score (nSPS) is 14.6. The molecule has 0 aliphatic heterocycles. The number of pyridine rings is 1. The average Bonchev–Trinajstić information content (AvgIpc) is 3.23. The predicted molar refractivity (Wildman–Crippen MR) is 79.4 cm³/mol. The minimum atomic E-state index is 0.769. The van der Waals surface area contributed by atoms with Gasteiger partial charge in [0, 0.05) is 34.8 Å². The molecule has 1 saturated carbocycles. The van der Waals surface area contributed by atoms with E-state index in [1.54, 1.807) is 11.8 Å². The van der Waals surface area contributed by atoms with E-state index in [4.69, 9.17) is 0 Å². The zero-order chi connectivity index (χ0) is 13.1. The number of hydrogen-bond acceptors (Lipinski definition) is 3. The van der Waals surface area contributed by atoms with Crippen LogP contribution in [0, 0.1) is 6.92 Å². The lowest BCUT2D eigenvalue weighted by Crippen LogP contribution is -2.15. The Morgan fingerprint density at radius 2 is 1.95 bits per heavy atom. The smallest absolute Gasteiger partial charge is 0.0279 e. The van der Waals surface area contributed by atoms with E-state index in [0.717, 1.165) is 12.6 Å². The first-order valence-electron chi connectivity index (χ1n) is 6.72. The average molecular weight is 270 g/mol. The maximum Gasteiger partial charge on any atom is 0.0279 e. The molecule has 98 valence electrons.